The van der Waals surface area contributed by atoms with Gasteiger partial charge in [0.15, 0.2) is 11.5 Å². The maximum absolute atomic E-state index is 11.6. The molecular formula is C15H20O6. The first-order chi connectivity index (χ1) is 10.0. The SMILES string of the molecule is COC(=O)CC(=O)CCc1cc(OC)c(OC)c(OC)c1. The summed E-state index contributed by atoms with van der Waals surface area (Å²) in [5.74, 6) is 0.879. The van der Waals surface area contributed by atoms with Crippen molar-refractivity contribution in [2.75, 3.05) is 28.4 Å². The van der Waals surface area contributed by atoms with Gasteiger partial charge in [0.25, 0.3) is 0 Å². The van der Waals surface area contributed by atoms with Crippen LogP contribution in [0.15, 0.2) is 12.1 Å². The van der Waals surface area contributed by atoms with E-state index in [9.17, 15) is 9.59 Å². The van der Waals surface area contributed by atoms with Crippen molar-refractivity contribution in [2.45, 2.75) is 19.3 Å². The van der Waals surface area contributed by atoms with Crippen molar-refractivity contribution in [3.63, 3.8) is 0 Å². The lowest BCUT2D eigenvalue weighted by atomic mass is 10.0. The molecule has 116 valence electrons. The van der Waals surface area contributed by atoms with Crippen molar-refractivity contribution in [3.05, 3.63) is 17.7 Å². The Hall–Kier alpha value is -2.24. The van der Waals surface area contributed by atoms with Gasteiger partial charge in [-0.05, 0) is 24.1 Å². The molecule has 6 heteroatoms. The number of rotatable bonds is 8. The Morgan fingerprint density at radius 1 is 0.952 bits per heavy atom. The Bertz CT molecular complexity index is 484. The number of aryl methyl sites for hydroxylation is 1. The smallest absolute Gasteiger partial charge is 0.313 e. The highest BCUT2D eigenvalue weighted by atomic mass is 16.5. The monoisotopic (exact) mass is 296 g/mol. The molecule has 0 bridgehead atoms. The normalized spacial score (nSPS) is 9.90. The van der Waals surface area contributed by atoms with Crippen LogP contribution in [0.25, 0.3) is 0 Å². The highest BCUT2D eigenvalue weighted by molar-refractivity contribution is 5.95. The molecule has 0 saturated carbocycles. The molecule has 1 aromatic carbocycles. The van der Waals surface area contributed by atoms with E-state index in [2.05, 4.69) is 4.74 Å². The number of hydrogen-bond acceptors (Lipinski definition) is 6. The van der Waals surface area contributed by atoms with Crippen LogP contribution >= 0.6 is 0 Å². The summed E-state index contributed by atoms with van der Waals surface area (Å²) in [7, 11) is 5.85. The minimum atomic E-state index is -0.523. The Kier molecular flexibility index (Phi) is 6.52. The summed E-state index contributed by atoms with van der Waals surface area (Å²) in [4.78, 5) is 22.6. The molecule has 0 aliphatic rings. The van der Waals surface area contributed by atoms with Crippen molar-refractivity contribution in [2.24, 2.45) is 0 Å². The van der Waals surface area contributed by atoms with Crippen molar-refractivity contribution in [1.82, 2.24) is 0 Å². The van der Waals surface area contributed by atoms with E-state index >= 15 is 0 Å². The van der Waals surface area contributed by atoms with E-state index in [1.165, 1.54) is 28.4 Å². The largest absolute Gasteiger partial charge is 0.493 e. The van der Waals surface area contributed by atoms with Gasteiger partial charge in [-0.2, -0.15) is 0 Å². The highest BCUT2D eigenvalue weighted by Gasteiger charge is 2.15. The molecule has 0 atom stereocenters. The minimum absolute atomic E-state index is 0.171. The van der Waals surface area contributed by atoms with Crippen molar-refractivity contribution in [3.8, 4) is 17.2 Å². The van der Waals surface area contributed by atoms with Gasteiger partial charge in [0.1, 0.15) is 12.2 Å². The van der Waals surface area contributed by atoms with Crippen LogP contribution in [0, 0.1) is 0 Å². The van der Waals surface area contributed by atoms with Crippen molar-refractivity contribution >= 4 is 11.8 Å². The lowest BCUT2D eigenvalue weighted by Gasteiger charge is -2.14. The average molecular weight is 296 g/mol. The maximum atomic E-state index is 11.6. The Morgan fingerprint density at radius 2 is 1.52 bits per heavy atom. The molecule has 0 radical (unpaired) electrons. The molecule has 0 aliphatic carbocycles. The topological polar surface area (TPSA) is 71.1 Å². The quantitative estimate of drug-likeness (QED) is 0.538. The van der Waals surface area contributed by atoms with Crippen LogP contribution in [0.1, 0.15) is 18.4 Å². The van der Waals surface area contributed by atoms with Crippen LogP contribution in [-0.4, -0.2) is 40.2 Å². The molecule has 0 saturated heterocycles. The number of ether oxygens (including phenoxy) is 4. The van der Waals surface area contributed by atoms with Gasteiger partial charge in [0.2, 0.25) is 5.75 Å². The fraction of sp³-hybridized carbons (Fsp3) is 0.467. The molecule has 0 aliphatic heterocycles. The number of Topliss-reactive ketones (excluding diaryl/α,β-unsaturated/α-hetero) is 1. The van der Waals surface area contributed by atoms with Crippen LogP contribution in [0.2, 0.25) is 0 Å². The number of benzene rings is 1. The van der Waals surface area contributed by atoms with Gasteiger partial charge < -0.3 is 18.9 Å². The summed E-state index contributed by atoms with van der Waals surface area (Å²) in [6.07, 6.45) is 0.515. The van der Waals surface area contributed by atoms with Gasteiger partial charge in [-0.15, -0.1) is 0 Å². The van der Waals surface area contributed by atoms with Gasteiger partial charge in [-0.25, -0.2) is 0 Å². The number of ketones is 1. The number of methoxy groups -OCH3 is 4. The lowest BCUT2D eigenvalue weighted by molar-refractivity contribution is -0.143. The zero-order chi connectivity index (χ0) is 15.8. The van der Waals surface area contributed by atoms with Gasteiger partial charge in [0.05, 0.1) is 28.4 Å². The third-order valence-electron chi connectivity index (χ3n) is 2.99. The summed E-state index contributed by atoms with van der Waals surface area (Å²) in [6.45, 7) is 0. The predicted molar refractivity (Wildman–Crippen MR) is 76.1 cm³/mol. The molecule has 6 nitrogen and oxygen atoms in total. The van der Waals surface area contributed by atoms with E-state index in [0.717, 1.165) is 5.56 Å². The molecule has 0 aromatic heterocycles. The second kappa shape index (κ2) is 8.14. The summed E-state index contributed by atoms with van der Waals surface area (Å²) >= 11 is 0. The van der Waals surface area contributed by atoms with E-state index in [1.807, 2.05) is 0 Å². The Labute approximate surface area is 123 Å². The number of carbonyl (C=O) groups is 2. The molecular weight excluding hydrogens is 276 g/mol. The molecule has 1 rings (SSSR count). The first-order valence-electron chi connectivity index (χ1n) is 6.43. The third kappa shape index (κ3) is 4.66. The van der Waals surface area contributed by atoms with Crippen LogP contribution in [0.5, 0.6) is 17.2 Å². The van der Waals surface area contributed by atoms with E-state index in [1.54, 1.807) is 12.1 Å². The Morgan fingerprint density at radius 3 is 1.95 bits per heavy atom. The van der Waals surface area contributed by atoms with Crippen LogP contribution in [0.3, 0.4) is 0 Å². The molecule has 21 heavy (non-hydrogen) atoms. The van der Waals surface area contributed by atoms with E-state index in [4.69, 9.17) is 14.2 Å². The third-order valence-corrected chi connectivity index (χ3v) is 2.99. The predicted octanol–water partition coefficient (Wildman–Crippen LogP) is 1.78. The first-order valence-corrected chi connectivity index (χ1v) is 6.43. The number of hydrogen-bond donors (Lipinski definition) is 0. The lowest BCUT2D eigenvalue weighted by Crippen LogP contribution is -2.10. The van der Waals surface area contributed by atoms with Crippen LogP contribution in [-0.2, 0) is 20.7 Å². The summed E-state index contributed by atoms with van der Waals surface area (Å²) in [5.41, 5.74) is 0.864. The highest BCUT2D eigenvalue weighted by Crippen LogP contribution is 2.38. The van der Waals surface area contributed by atoms with Gasteiger partial charge in [-0.1, -0.05) is 0 Å². The molecule has 0 N–H and O–H groups in total. The molecule has 0 heterocycles. The number of carbonyl (C=O) groups excluding carboxylic acids is 2. The van der Waals surface area contributed by atoms with E-state index < -0.39 is 5.97 Å². The van der Waals surface area contributed by atoms with Gasteiger partial charge in [0, 0.05) is 6.42 Å². The van der Waals surface area contributed by atoms with Crippen LogP contribution in [0.4, 0.5) is 0 Å². The van der Waals surface area contributed by atoms with Crippen molar-refractivity contribution < 1.29 is 28.5 Å². The van der Waals surface area contributed by atoms with Gasteiger partial charge in [-0.3, -0.25) is 9.59 Å². The summed E-state index contributed by atoms with van der Waals surface area (Å²) in [5, 5.41) is 0. The molecule has 0 amide bonds. The molecule has 0 fully saturated rings. The average Bonchev–Trinajstić information content (AvgIpc) is 2.51. The Balaban J connectivity index is 2.80. The zero-order valence-electron chi connectivity index (χ0n) is 12.7. The summed E-state index contributed by atoms with van der Waals surface area (Å²) in [6, 6.07) is 3.57. The fourth-order valence-corrected chi connectivity index (χ4v) is 1.89. The number of esters is 1. The zero-order valence-corrected chi connectivity index (χ0v) is 12.7. The van der Waals surface area contributed by atoms with Gasteiger partial charge >= 0.3 is 5.97 Å². The molecule has 0 spiro atoms. The second-order valence-corrected chi connectivity index (χ2v) is 4.33. The standard InChI is InChI=1S/C15H20O6/c1-18-12-7-10(8-13(19-2)15(12)21-4)5-6-11(16)9-14(17)20-3/h7-8H,5-6,9H2,1-4H3. The molecule has 0 unspecified atom stereocenters. The summed E-state index contributed by atoms with van der Waals surface area (Å²) < 4.78 is 20.2. The fourth-order valence-electron chi connectivity index (χ4n) is 1.89. The first kappa shape index (κ1) is 16.8. The molecule has 1 aromatic rings. The maximum Gasteiger partial charge on any atom is 0.313 e. The van der Waals surface area contributed by atoms with E-state index in [0.29, 0.717) is 23.7 Å². The van der Waals surface area contributed by atoms with Crippen molar-refractivity contribution in [1.29, 1.82) is 0 Å². The van der Waals surface area contributed by atoms with Crippen LogP contribution < -0.4 is 14.2 Å². The second-order valence-electron chi connectivity index (χ2n) is 4.33. The minimum Gasteiger partial charge on any atom is -0.493 e. The van der Waals surface area contributed by atoms with E-state index in [-0.39, 0.29) is 18.6 Å².